The Labute approximate surface area is 168 Å². The molecule has 1 aromatic carbocycles. The van der Waals surface area contributed by atoms with E-state index in [1.807, 2.05) is 4.72 Å². The van der Waals surface area contributed by atoms with Gasteiger partial charge in [0.1, 0.15) is 6.54 Å². The monoisotopic (exact) mass is 472 g/mol. The second-order valence-electron chi connectivity index (χ2n) is 5.57. The third-order valence-electron chi connectivity index (χ3n) is 3.79. The summed E-state index contributed by atoms with van der Waals surface area (Å²) in [6.07, 6.45) is 1.48. The zero-order valence-corrected chi connectivity index (χ0v) is 16.8. The molecule has 2 heterocycles. The predicted octanol–water partition coefficient (Wildman–Crippen LogP) is 0.614. The number of thiocarbonyl (C=S) groups is 1. The summed E-state index contributed by atoms with van der Waals surface area (Å²) in [4.78, 5) is 25.5. The molecule has 3 N–H and O–H groups in total. The van der Waals surface area contributed by atoms with Gasteiger partial charge in [-0.3, -0.25) is 29.6 Å². The summed E-state index contributed by atoms with van der Waals surface area (Å²) >= 11 is 8.28. The van der Waals surface area contributed by atoms with E-state index in [0.29, 0.717) is 4.47 Å². The van der Waals surface area contributed by atoms with E-state index < -0.39 is 27.4 Å². The summed E-state index contributed by atoms with van der Waals surface area (Å²) in [5.41, 5.74) is 1.74. The number of carbonyl (C=O) groups excluding carboxylic acids is 2. The van der Waals surface area contributed by atoms with Crippen molar-refractivity contribution >= 4 is 60.9 Å². The number of carbonyl (C=O) groups is 2. The van der Waals surface area contributed by atoms with Crippen molar-refractivity contribution in [2.24, 2.45) is 0 Å². The molecule has 0 spiro atoms. The lowest BCUT2D eigenvalue weighted by molar-refractivity contribution is -0.125. The Morgan fingerprint density at radius 1 is 1.48 bits per heavy atom. The normalized spacial score (nSPS) is 18.3. The van der Waals surface area contributed by atoms with Crippen molar-refractivity contribution < 1.29 is 23.1 Å². The lowest BCUT2D eigenvalue weighted by atomic mass is 10.1. The summed E-state index contributed by atoms with van der Waals surface area (Å²) in [6.45, 7) is 3.48. The van der Waals surface area contributed by atoms with Crippen molar-refractivity contribution in [3.63, 3.8) is 0 Å². The topological polar surface area (TPSA) is 119 Å². The Kier molecular flexibility index (Phi) is 4.97. The van der Waals surface area contributed by atoms with Crippen LogP contribution in [0.15, 0.2) is 45.9 Å². The molecule has 3 rings (SSSR count). The SMILES string of the molecule is C=CCN1C(=O)CN(NC(=O)C2=C(O)c3ccc(Br)cc3S(=O)(=O)N2)C1=S. The molecule has 0 unspecified atom stereocenters. The van der Waals surface area contributed by atoms with Crippen molar-refractivity contribution in [2.45, 2.75) is 4.90 Å². The molecule has 0 saturated carbocycles. The van der Waals surface area contributed by atoms with Crippen molar-refractivity contribution in [3.05, 3.63) is 46.6 Å². The number of fused-ring (bicyclic) bond motifs is 1. The van der Waals surface area contributed by atoms with E-state index >= 15 is 0 Å². The lowest BCUT2D eigenvalue weighted by Gasteiger charge is -2.24. The van der Waals surface area contributed by atoms with E-state index in [4.69, 9.17) is 12.2 Å². The first-order valence-electron chi connectivity index (χ1n) is 7.45. The highest BCUT2D eigenvalue weighted by Crippen LogP contribution is 2.31. The molecule has 1 saturated heterocycles. The van der Waals surface area contributed by atoms with Crippen molar-refractivity contribution in [1.82, 2.24) is 20.1 Å². The highest BCUT2D eigenvalue weighted by molar-refractivity contribution is 9.10. The predicted molar refractivity (Wildman–Crippen MR) is 103 cm³/mol. The summed E-state index contributed by atoms with van der Waals surface area (Å²) in [6, 6.07) is 4.22. The Morgan fingerprint density at radius 3 is 2.85 bits per heavy atom. The van der Waals surface area contributed by atoms with Crippen LogP contribution < -0.4 is 10.1 Å². The maximum absolute atomic E-state index is 12.5. The number of rotatable bonds is 4. The molecule has 2 amide bonds. The fourth-order valence-corrected chi connectivity index (χ4v) is 4.66. The minimum atomic E-state index is -4.07. The molecular formula is C15H13BrN4O5S2. The van der Waals surface area contributed by atoms with Crippen LogP contribution in [0.5, 0.6) is 0 Å². The van der Waals surface area contributed by atoms with E-state index in [1.54, 1.807) is 0 Å². The number of aliphatic hydroxyl groups is 1. The van der Waals surface area contributed by atoms with Crippen LogP contribution in [-0.4, -0.2) is 53.4 Å². The average Bonchev–Trinajstić information content (AvgIpc) is 2.86. The van der Waals surface area contributed by atoms with Gasteiger partial charge < -0.3 is 5.11 Å². The number of hydrogen-bond donors (Lipinski definition) is 3. The van der Waals surface area contributed by atoms with Gasteiger partial charge in [0.15, 0.2) is 16.6 Å². The maximum atomic E-state index is 12.5. The first kappa shape index (κ1) is 19.3. The van der Waals surface area contributed by atoms with Gasteiger partial charge in [-0.2, -0.15) is 0 Å². The number of nitrogens with one attached hydrogen (secondary N) is 2. The zero-order valence-electron chi connectivity index (χ0n) is 13.6. The zero-order chi connectivity index (χ0) is 19.9. The summed E-state index contributed by atoms with van der Waals surface area (Å²) in [5.74, 6) is -1.85. The van der Waals surface area contributed by atoms with Gasteiger partial charge in [0.2, 0.25) is 0 Å². The van der Waals surface area contributed by atoms with Crippen molar-refractivity contribution in [2.75, 3.05) is 13.1 Å². The molecule has 2 aliphatic heterocycles. The molecule has 1 fully saturated rings. The number of amides is 2. The van der Waals surface area contributed by atoms with Gasteiger partial charge in [0, 0.05) is 16.6 Å². The Morgan fingerprint density at radius 2 is 2.19 bits per heavy atom. The van der Waals surface area contributed by atoms with Gasteiger partial charge in [-0.1, -0.05) is 22.0 Å². The van der Waals surface area contributed by atoms with Crippen LogP contribution in [0.4, 0.5) is 0 Å². The van der Waals surface area contributed by atoms with E-state index in [9.17, 15) is 23.1 Å². The second kappa shape index (κ2) is 6.94. The van der Waals surface area contributed by atoms with Gasteiger partial charge in [-0.05, 0) is 30.4 Å². The summed E-state index contributed by atoms with van der Waals surface area (Å²) < 4.78 is 27.4. The molecule has 0 bridgehead atoms. The fourth-order valence-electron chi connectivity index (χ4n) is 2.56. The number of hydrazine groups is 1. The molecule has 0 radical (unpaired) electrons. The number of aliphatic hydroxyl groups excluding tert-OH is 1. The van der Waals surface area contributed by atoms with Crippen molar-refractivity contribution in [1.29, 1.82) is 0 Å². The van der Waals surface area contributed by atoms with Gasteiger partial charge in [-0.25, -0.2) is 8.42 Å². The van der Waals surface area contributed by atoms with Gasteiger partial charge >= 0.3 is 0 Å². The van der Waals surface area contributed by atoms with E-state index in [2.05, 4.69) is 27.9 Å². The Hall–Kier alpha value is -2.44. The highest BCUT2D eigenvalue weighted by Gasteiger charge is 2.37. The Bertz CT molecular complexity index is 1020. The molecular weight excluding hydrogens is 460 g/mol. The van der Waals surface area contributed by atoms with Crippen LogP contribution in [0.3, 0.4) is 0 Å². The van der Waals surface area contributed by atoms with Crippen LogP contribution in [0, 0.1) is 0 Å². The number of hydrogen-bond acceptors (Lipinski definition) is 6. The number of nitrogens with zero attached hydrogens (tertiary/aromatic N) is 2. The van der Waals surface area contributed by atoms with Crippen molar-refractivity contribution in [3.8, 4) is 0 Å². The molecule has 0 aliphatic carbocycles. The van der Waals surface area contributed by atoms with Crippen LogP contribution in [0.2, 0.25) is 0 Å². The fraction of sp³-hybridized carbons (Fsp3) is 0.133. The van der Waals surface area contributed by atoms with Crippen LogP contribution >= 0.6 is 28.1 Å². The van der Waals surface area contributed by atoms with E-state index in [-0.39, 0.29) is 34.6 Å². The lowest BCUT2D eigenvalue weighted by Crippen LogP contribution is -2.48. The first-order chi connectivity index (χ1) is 12.7. The summed E-state index contributed by atoms with van der Waals surface area (Å²) in [7, 11) is -4.07. The van der Waals surface area contributed by atoms with E-state index in [1.165, 1.54) is 29.2 Å². The average molecular weight is 473 g/mol. The highest BCUT2D eigenvalue weighted by atomic mass is 79.9. The molecule has 0 aromatic heterocycles. The summed E-state index contributed by atoms with van der Waals surface area (Å²) in [5, 5.41) is 11.5. The maximum Gasteiger partial charge on any atom is 0.290 e. The van der Waals surface area contributed by atoms with Crippen LogP contribution in [0.25, 0.3) is 5.76 Å². The molecule has 9 nitrogen and oxygen atoms in total. The molecule has 12 heteroatoms. The van der Waals surface area contributed by atoms with Crippen LogP contribution in [-0.2, 0) is 19.6 Å². The third kappa shape index (κ3) is 3.42. The van der Waals surface area contributed by atoms with Gasteiger partial charge in [0.05, 0.1) is 4.90 Å². The van der Waals surface area contributed by atoms with Gasteiger partial charge in [0.25, 0.3) is 21.8 Å². The minimum absolute atomic E-state index is 0.0181. The smallest absolute Gasteiger partial charge is 0.290 e. The first-order valence-corrected chi connectivity index (χ1v) is 10.1. The second-order valence-corrected chi connectivity index (χ2v) is 8.50. The molecule has 2 aliphatic rings. The minimum Gasteiger partial charge on any atom is -0.505 e. The van der Waals surface area contributed by atoms with Crippen LogP contribution in [0.1, 0.15) is 5.56 Å². The largest absolute Gasteiger partial charge is 0.505 e. The number of benzene rings is 1. The third-order valence-corrected chi connectivity index (χ3v) is 6.12. The number of sulfonamides is 1. The molecule has 1 aromatic rings. The molecule has 0 atom stereocenters. The molecule has 27 heavy (non-hydrogen) atoms. The van der Waals surface area contributed by atoms with E-state index in [0.717, 1.165) is 5.01 Å². The standard InChI is InChI=1S/C15H13BrN4O5S2/c1-2-5-19-11(21)7-20(15(19)26)17-14(23)12-13(22)9-4-3-8(16)6-10(9)27(24,25)18-12/h2-4,6,18,22H,1,5,7H2,(H,17,23). The number of halogens is 1. The Balaban J connectivity index is 1.90. The van der Waals surface area contributed by atoms with Gasteiger partial charge in [-0.15, -0.1) is 6.58 Å². The quantitative estimate of drug-likeness (QED) is 0.433. The molecule has 142 valence electrons.